The molecule has 6 nitrogen and oxygen atoms in total. The van der Waals surface area contributed by atoms with Crippen molar-refractivity contribution in [1.29, 1.82) is 0 Å². The maximum absolute atomic E-state index is 13.1. The van der Waals surface area contributed by atoms with Crippen LogP contribution in [0.25, 0.3) is 0 Å². The van der Waals surface area contributed by atoms with Gasteiger partial charge in [-0.25, -0.2) is 9.97 Å². The lowest BCUT2D eigenvalue weighted by molar-refractivity contribution is -0.181. The summed E-state index contributed by atoms with van der Waals surface area (Å²) in [5.74, 6) is -3.29. The highest BCUT2D eigenvalue weighted by Gasteiger charge is 2.52. The van der Waals surface area contributed by atoms with Gasteiger partial charge in [-0.1, -0.05) is 0 Å². The summed E-state index contributed by atoms with van der Waals surface area (Å²) in [6, 6.07) is 1.58. The first-order valence-corrected chi connectivity index (χ1v) is 6.67. The molecule has 1 saturated heterocycles. The fourth-order valence-corrected chi connectivity index (χ4v) is 2.58. The molecule has 0 radical (unpaired) electrons. The second kappa shape index (κ2) is 6.07. The minimum absolute atomic E-state index is 0.109. The van der Waals surface area contributed by atoms with Crippen molar-refractivity contribution < 1.29 is 22.7 Å². The number of methoxy groups -OCH3 is 1. The van der Waals surface area contributed by atoms with Gasteiger partial charge in [0.15, 0.2) is 5.82 Å². The van der Waals surface area contributed by atoms with E-state index in [-0.39, 0.29) is 19.7 Å². The number of amides is 1. The number of carbonyl (C=O) groups is 1. The Morgan fingerprint density at radius 1 is 1.45 bits per heavy atom. The highest BCUT2D eigenvalue weighted by molar-refractivity contribution is 5.78. The number of carbonyl (C=O) groups excluding carboxylic acids is 1. The summed E-state index contributed by atoms with van der Waals surface area (Å²) in [4.78, 5) is 21.1. The van der Waals surface area contributed by atoms with Gasteiger partial charge < -0.3 is 15.4 Å². The highest BCUT2D eigenvalue weighted by atomic mass is 19.4. The number of hydrogen-bond donors (Lipinski definition) is 1. The van der Waals surface area contributed by atoms with Crippen molar-refractivity contribution in [2.75, 3.05) is 25.1 Å². The quantitative estimate of drug-likeness (QED) is 0.897. The van der Waals surface area contributed by atoms with Crippen LogP contribution in [0.2, 0.25) is 0 Å². The van der Waals surface area contributed by atoms with Crippen LogP contribution in [0.15, 0.2) is 6.07 Å². The van der Waals surface area contributed by atoms with E-state index in [1.807, 2.05) is 0 Å². The maximum Gasteiger partial charge on any atom is 0.394 e. The van der Waals surface area contributed by atoms with Crippen LogP contribution in [0, 0.1) is 18.8 Å². The third-order valence-electron chi connectivity index (χ3n) is 3.59. The Balaban J connectivity index is 2.29. The summed E-state index contributed by atoms with van der Waals surface area (Å²) in [6.45, 7) is 1.42. The van der Waals surface area contributed by atoms with E-state index < -0.39 is 23.9 Å². The van der Waals surface area contributed by atoms with E-state index in [4.69, 9.17) is 10.5 Å². The normalized spacial score (nSPS) is 22.1. The number of ether oxygens (including phenoxy) is 1. The number of nitrogens with two attached hydrogens (primary N) is 1. The molecule has 0 aliphatic carbocycles. The van der Waals surface area contributed by atoms with Gasteiger partial charge in [0, 0.05) is 32.0 Å². The van der Waals surface area contributed by atoms with E-state index in [9.17, 15) is 18.0 Å². The monoisotopic (exact) mass is 318 g/mol. The molecule has 9 heteroatoms. The molecule has 1 aromatic heterocycles. The van der Waals surface area contributed by atoms with E-state index in [1.165, 1.54) is 12.0 Å². The van der Waals surface area contributed by atoms with Gasteiger partial charge in [-0.3, -0.25) is 4.79 Å². The molecule has 2 rings (SSSR count). The number of aryl methyl sites for hydroxylation is 1. The van der Waals surface area contributed by atoms with Crippen LogP contribution >= 0.6 is 0 Å². The lowest BCUT2D eigenvalue weighted by atomic mass is 9.95. The Kier molecular flexibility index (Phi) is 4.55. The Morgan fingerprint density at radius 3 is 2.64 bits per heavy atom. The molecule has 1 fully saturated rings. The number of hydrogen-bond acceptors (Lipinski definition) is 5. The average Bonchev–Trinajstić information content (AvgIpc) is 2.83. The molecule has 0 saturated carbocycles. The Morgan fingerprint density at radius 2 is 2.14 bits per heavy atom. The van der Waals surface area contributed by atoms with Gasteiger partial charge in [-0.05, 0) is 6.92 Å². The van der Waals surface area contributed by atoms with E-state index in [2.05, 4.69) is 9.97 Å². The molecule has 1 aliphatic heterocycles. The third-order valence-corrected chi connectivity index (χ3v) is 3.59. The molecule has 0 spiro atoms. The molecule has 0 bridgehead atoms. The van der Waals surface area contributed by atoms with Crippen molar-refractivity contribution >= 4 is 11.7 Å². The Labute approximate surface area is 125 Å². The van der Waals surface area contributed by atoms with Gasteiger partial charge in [0.05, 0.1) is 11.8 Å². The van der Waals surface area contributed by atoms with E-state index in [0.29, 0.717) is 17.3 Å². The number of aromatic nitrogens is 2. The van der Waals surface area contributed by atoms with Gasteiger partial charge >= 0.3 is 6.18 Å². The van der Waals surface area contributed by atoms with Crippen LogP contribution in [0.4, 0.5) is 19.0 Å². The summed E-state index contributed by atoms with van der Waals surface area (Å²) in [5.41, 5.74) is 5.73. The second-order valence-corrected chi connectivity index (χ2v) is 5.28. The zero-order valence-corrected chi connectivity index (χ0v) is 12.2. The first kappa shape index (κ1) is 16.5. The molecule has 1 aromatic rings. The van der Waals surface area contributed by atoms with Crippen molar-refractivity contribution in [2.45, 2.75) is 19.7 Å². The lowest BCUT2D eigenvalue weighted by Crippen LogP contribution is -2.37. The minimum atomic E-state index is -4.48. The second-order valence-electron chi connectivity index (χ2n) is 5.28. The predicted octanol–water partition coefficient (Wildman–Crippen LogP) is 1.03. The van der Waals surface area contributed by atoms with Crippen molar-refractivity contribution in [3.63, 3.8) is 0 Å². The molecular formula is C13H17F3N4O2. The fourth-order valence-electron chi connectivity index (χ4n) is 2.58. The van der Waals surface area contributed by atoms with Gasteiger partial charge in [-0.2, -0.15) is 13.2 Å². The molecule has 1 aliphatic rings. The van der Waals surface area contributed by atoms with Crippen molar-refractivity contribution in [3.05, 3.63) is 17.6 Å². The van der Waals surface area contributed by atoms with E-state index in [0.717, 1.165) is 0 Å². The maximum atomic E-state index is 13.1. The smallest absolute Gasteiger partial charge is 0.377 e. The van der Waals surface area contributed by atoms with Crippen molar-refractivity contribution in [1.82, 2.24) is 9.97 Å². The number of anilines is 1. The first-order chi connectivity index (χ1) is 10.2. The SMILES string of the molecule is COCc1nc(C)cc(N2C[C@@H](C(F)(F)F)[C@H](C(N)=O)C2)n1. The molecule has 1 amide bonds. The number of nitrogens with zero attached hydrogens (tertiary/aromatic N) is 3. The van der Waals surface area contributed by atoms with Crippen molar-refractivity contribution in [3.8, 4) is 0 Å². The minimum Gasteiger partial charge on any atom is -0.377 e. The molecule has 0 aromatic carbocycles. The standard InChI is InChI=1S/C13H17F3N4O2/c1-7-3-11(19-10(18-7)6-22-2)20-4-8(12(17)21)9(5-20)13(14,15)16/h3,8-9H,4-6H2,1-2H3,(H2,17,21)/t8-,9-/m1/s1. The number of rotatable bonds is 4. The summed E-state index contributed by atoms with van der Waals surface area (Å²) >= 11 is 0. The topological polar surface area (TPSA) is 81.3 Å². The Hall–Kier alpha value is -1.90. The van der Waals surface area contributed by atoms with Gasteiger partial charge in [0.1, 0.15) is 12.4 Å². The van der Waals surface area contributed by atoms with Crippen LogP contribution in [0.1, 0.15) is 11.5 Å². The fraction of sp³-hybridized carbons (Fsp3) is 0.615. The average molecular weight is 318 g/mol. The number of halogens is 3. The molecule has 2 heterocycles. The van der Waals surface area contributed by atoms with Crippen molar-refractivity contribution in [2.24, 2.45) is 17.6 Å². The molecule has 122 valence electrons. The molecule has 0 unspecified atom stereocenters. The third kappa shape index (κ3) is 3.46. The highest BCUT2D eigenvalue weighted by Crippen LogP contribution is 2.38. The van der Waals surface area contributed by atoms with E-state index >= 15 is 0 Å². The van der Waals surface area contributed by atoms with Crippen LogP contribution in [-0.2, 0) is 16.1 Å². The molecule has 2 atom stereocenters. The van der Waals surface area contributed by atoms with Crippen LogP contribution in [0.5, 0.6) is 0 Å². The zero-order chi connectivity index (χ0) is 16.5. The summed E-state index contributed by atoms with van der Waals surface area (Å²) in [7, 11) is 1.48. The molecule has 2 N–H and O–H groups in total. The van der Waals surface area contributed by atoms with Crippen LogP contribution < -0.4 is 10.6 Å². The van der Waals surface area contributed by atoms with Crippen LogP contribution in [-0.4, -0.2) is 42.3 Å². The van der Waals surface area contributed by atoms with Gasteiger partial charge in [-0.15, -0.1) is 0 Å². The van der Waals surface area contributed by atoms with Gasteiger partial charge in [0.2, 0.25) is 5.91 Å². The molecular weight excluding hydrogens is 301 g/mol. The predicted molar refractivity (Wildman–Crippen MR) is 71.9 cm³/mol. The number of primary amides is 1. The van der Waals surface area contributed by atoms with Gasteiger partial charge in [0.25, 0.3) is 0 Å². The first-order valence-electron chi connectivity index (χ1n) is 6.67. The Bertz CT molecular complexity index is 565. The molecule has 22 heavy (non-hydrogen) atoms. The lowest BCUT2D eigenvalue weighted by Gasteiger charge is -2.19. The summed E-state index contributed by atoms with van der Waals surface area (Å²) in [5, 5.41) is 0. The van der Waals surface area contributed by atoms with Crippen LogP contribution in [0.3, 0.4) is 0 Å². The van der Waals surface area contributed by atoms with E-state index in [1.54, 1.807) is 13.0 Å². The largest absolute Gasteiger partial charge is 0.394 e. The summed E-state index contributed by atoms with van der Waals surface area (Å²) < 4.78 is 44.1. The summed E-state index contributed by atoms with van der Waals surface area (Å²) in [6.07, 6.45) is -4.48. The number of alkyl halides is 3. The zero-order valence-electron chi connectivity index (χ0n) is 12.2.